The highest BCUT2D eigenvalue weighted by Gasteiger charge is 2.04. The highest BCUT2D eigenvalue weighted by atomic mass is 35.5. The maximum Gasteiger partial charge on any atom is 0.224 e. The molecular weight excluding hydrogens is 361 g/mol. The summed E-state index contributed by atoms with van der Waals surface area (Å²) >= 11 is 0. The molecular formula is C18H25Cl2N3O2. The summed E-state index contributed by atoms with van der Waals surface area (Å²) in [5, 5.41) is 2.89. The number of amides is 1. The number of ether oxygens (including phenoxy) is 1. The number of rotatable bonds is 9. The molecule has 25 heavy (non-hydrogen) atoms. The van der Waals surface area contributed by atoms with Gasteiger partial charge in [-0.3, -0.25) is 4.79 Å². The van der Waals surface area contributed by atoms with E-state index in [-0.39, 0.29) is 30.7 Å². The number of nitrogens with zero attached hydrogens (tertiary/aromatic N) is 1. The number of halogens is 2. The Morgan fingerprint density at radius 2 is 1.84 bits per heavy atom. The van der Waals surface area contributed by atoms with Crippen molar-refractivity contribution in [3.8, 4) is 11.6 Å². The zero-order chi connectivity index (χ0) is 16.3. The number of carbonyl (C=O) groups is 1. The van der Waals surface area contributed by atoms with Crippen LogP contribution < -0.4 is 15.8 Å². The molecule has 0 unspecified atom stereocenters. The van der Waals surface area contributed by atoms with Crippen molar-refractivity contribution in [2.45, 2.75) is 32.1 Å². The smallest absolute Gasteiger partial charge is 0.224 e. The molecule has 0 bridgehead atoms. The lowest BCUT2D eigenvalue weighted by molar-refractivity contribution is -0.116. The number of carbonyl (C=O) groups excluding carboxylic acids is 1. The summed E-state index contributed by atoms with van der Waals surface area (Å²) in [5.41, 5.74) is 6.17. The molecule has 1 amide bonds. The largest absolute Gasteiger partial charge is 0.439 e. The molecule has 2 aromatic rings. The normalized spacial score (nSPS) is 9.48. The molecule has 0 spiro atoms. The topological polar surface area (TPSA) is 77.2 Å². The van der Waals surface area contributed by atoms with Crippen LogP contribution in [0.3, 0.4) is 0 Å². The Kier molecular flexibility index (Phi) is 12.5. The second-order valence-corrected chi connectivity index (χ2v) is 5.30. The van der Waals surface area contributed by atoms with Gasteiger partial charge in [0.1, 0.15) is 5.75 Å². The summed E-state index contributed by atoms with van der Waals surface area (Å²) in [5.74, 6) is 1.19. The van der Waals surface area contributed by atoms with Crippen LogP contribution in [0.25, 0.3) is 0 Å². The third kappa shape index (κ3) is 9.29. The lowest BCUT2D eigenvalue weighted by Crippen LogP contribution is -2.11. The molecule has 0 fully saturated rings. The predicted octanol–water partition coefficient (Wildman–Crippen LogP) is 4.57. The van der Waals surface area contributed by atoms with Gasteiger partial charge >= 0.3 is 0 Å². The van der Waals surface area contributed by atoms with Crippen molar-refractivity contribution in [2.75, 3.05) is 11.9 Å². The van der Waals surface area contributed by atoms with Crippen molar-refractivity contribution in [3.63, 3.8) is 0 Å². The number of anilines is 1. The molecule has 7 heteroatoms. The number of aromatic nitrogens is 1. The molecule has 0 aliphatic rings. The van der Waals surface area contributed by atoms with Crippen LogP contribution in [0.1, 0.15) is 32.1 Å². The first-order valence-electron chi connectivity index (χ1n) is 7.97. The third-order valence-corrected chi connectivity index (χ3v) is 3.34. The molecule has 2 rings (SSSR count). The Morgan fingerprint density at radius 1 is 1.04 bits per heavy atom. The average molecular weight is 386 g/mol. The summed E-state index contributed by atoms with van der Waals surface area (Å²) in [6.07, 6.45) is 6.22. The third-order valence-electron chi connectivity index (χ3n) is 3.34. The van der Waals surface area contributed by atoms with Gasteiger partial charge < -0.3 is 15.8 Å². The van der Waals surface area contributed by atoms with E-state index in [1.54, 1.807) is 18.3 Å². The van der Waals surface area contributed by atoms with Crippen LogP contribution >= 0.6 is 24.8 Å². The first-order valence-corrected chi connectivity index (χ1v) is 7.97. The number of benzene rings is 1. The number of nitrogens with two attached hydrogens (primary N) is 1. The van der Waals surface area contributed by atoms with Crippen LogP contribution in [0.2, 0.25) is 0 Å². The van der Waals surface area contributed by atoms with Crippen molar-refractivity contribution < 1.29 is 9.53 Å². The van der Waals surface area contributed by atoms with E-state index in [0.717, 1.165) is 37.9 Å². The van der Waals surface area contributed by atoms with E-state index in [0.29, 0.717) is 18.1 Å². The van der Waals surface area contributed by atoms with E-state index in [2.05, 4.69) is 10.3 Å². The van der Waals surface area contributed by atoms with Gasteiger partial charge in [-0.05, 0) is 37.6 Å². The molecule has 3 N–H and O–H groups in total. The maximum absolute atomic E-state index is 11.9. The Labute approximate surface area is 161 Å². The molecule has 1 aromatic carbocycles. The van der Waals surface area contributed by atoms with Crippen LogP contribution in [0.15, 0.2) is 48.7 Å². The Bertz CT molecular complexity index is 612. The molecule has 0 atom stereocenters. The highest BCUT2D eigenvalue weighted by Crippen LogP contribution is 2.22. The van der Waals surface area contributed by atoms with Crippen LogP contribution in [0, 0.1) is 0 Å². The molecule has 0 radical (unpaired) electrons. The van der Waals surface area contributed by atoms with Gasteiger partial charge in [-0.2, -0.15) is 0 Å². The van der Waals surface area contributed by atoms with Crippen molar-refractivity contribution in [1.82, 2.24) is 4.98 Å². The summed E-state index contributed by atoms with van der Waals surface area (Å²) < 4.78 is 5.65. The molecule has 0 saturated heterocycles. The van der Waals surface area contributed by atoms with E-state index in [4.69, 9.17) is 10.5 Å². The van der Waals surface area contributed by atoms with Crippen molar-refractivity contribution in [1.29, 1.82) is 0 Å². The number of pyridine rings is 1. The number of hydrogen-bond acceptors (Lipinski definition) is 4. The van der Waals surface area contributed by atoms with E-state index in [1.165, 1.54) is 0 Å². The zero-order valence-corrected chi connectivity index (χ0v) is 15.7. The molecule has 138 valence electrons. The first kappa shape index (κ1) is 23.2. The van der Waals surface area contributed by atoms with Crippen LogP contribution in [0.4, 0.5) is 5.69 Å². The van der Waals surface area contributed by atoms with Gasteiger partial charge in [0.05, 0.1) is 0 Å². The lowest BCUT2D eigenvalue weighted by Gasteiger charge is -2.08. The molecule has 1 aromatic heterocycles. The van der Waals surface area contributed by atoms with Gasteiger partial charge in [0, 0.05) is 30.4 Å². The van der Waals surface area contributed by atoms with E-state index in [9.17, 15) is 4.79 Å². The Balaban J connectivity index is 0.00000288. The van der Waals surface area contributed by atoms with Crippen molar-refractivity contribution in [2.24, 2.45) is 5.73 Å². The minimum atomic E-state index is 0. The highest BCUT2D eigenvalue weighted by molar-refractivity contribution is 5.90. The Morgan fingerprint density at radius 3 is 2.56 bits per heavy atom. The van der Waals surface area contributed by atoms with Gasteiger partial charge in [0.2, 0.25) is 11.8 Å². The molecule has 0 aliphatic heterocycles. The Hall–Kier alpha value is -1.82. The second-order valence-electron chi connectivity index (χ2n) is 5.30. The predicted molar refractivity (Wildman–Crippen MR) is 106 cm³/mol. The lowest BCUT2D eigenvalue weighted by atomic mass is 10.1. The van der Waals surface area contributed by atoms with Gasteiger partial charge in [-0.1, -0.05) is 25.0 Å². The van der Waals surface area contributed by atoms with Crippen LogP contribution in [0.5, 0.6) is 11.6 Å². The molecule has 1 heterocycles. The number of hydrogen-bond donors (Lipinski definition) is 2. The maximum atomic E-state index is 11.9. The number of nitrogens with one attached hydrogen (secondary N) is 1. The van der Waals surface area contributed by atoms with Crippen LogP contribution in [-0.2, 0) is 4.79 Å². The van der Waals surface area contributed by atoms with Gasteiger partial charge in [-0.25, -0.2) is 4.98 Å². The quantitative estimate of drug-likeness (QED) is 0.619. The van der Waals surface area contributed by atoms with E-state index in [1.807, 2.05) is 30.3 Å². The first-order chi connectivity index (χ1) is 11.3. The van der Waals surface area contributed by atoms with E-state index >= 15 is 0 Å². The van der Waals surface area contributed by atoms with Gasteiger partial charge in [0.15, 0.2) is 0 Å². The number of unbranched alkanes of at least 4 members (excludes halogenated alkanes) is 3. The molecule has 0 aliphatic carbocycles. The fourth-order valence-electron chi connectivity index (χ4n) is 2.17. The SMILES string of the molecule is Cl.Cl.NCCCCCCC(=O)Nc1cccc(Oc2ccccn2)c1. The van der Waals surface area contributed by atoms with Crippen molar-refractivity contribution >= 4 is 36.4 Å². The van der Waals surface area contributed by atoms with Crippen LogP contribution in [-0.4, -0.2) is 17.4 Å². The molecule has 5 nitrogen and oxygen atoms in total. The summed E-state index contributed by atoms with van der Waals surface area (Å²) in [6, 6.07) is 12.8. The minimum Gasteiger partial charge on any atom is -0.439 e. The van der Waals surface area contributed by atoms with E-state index < -0.39 is 0 Å². The summed E-state index contributed by atoms with van der Waals surface area (Å²) in [6.45, 7) is 0.718. The molecule has 0 saturated carbocycles. The fourth-order valence-corrected chi connectivity index (χ4v) is 2.17. The van der Waals surface area contributed by atoms with Gasteiger partial charge in [-0.15, -0.1) is 24.8 Å². The minimum absolute atomic E-state index is 0. The summed E-state index contributed by atoms with van der Waals surface area (Å²) in [4.78, 5) is 16.0. The second kappa shape index (κ2) is 13.5. The summed E-state index contributed by atoms with van der Waals surface area (Å²) in [7, 11) is 0. The monoisotopic (exact) mass is 385 g/mol. The standard InChI is InChI=1S/C18H23N3O2.2ClH/c19-12-5-2-1-3-10-17(22)21-15-8-7-9-16(14-15)23-18-11-4-6-13-20-18;;/h4,6-9,11,13-14H,1-3,5,10,12,19H2,(H,21,22);2*1H. The average Bonchev–Trinajstić information content (AvgIpc) is 2.56. The zero-order valence-electron chi connectivity index (χ0n) is 14.0. The van der Waals surface area contributed by atoms with Crippen molar-refractivity contribution in [3.05, 3.63) is 48.7 Å². The van der Waals surface area contributed by atoms with Gasteiger partial charge in [0.25, 0.3) is 0 Å². The fraction of sp³-hybridized carbons (Fsp3) is 0.333.